The molecule has 4 rings (SSSR count). The summed E-state index contributed by atoms with van der Waals surface area (Å²) in [5, 5.41) is 0. The minimum absolute atomic E-state index is 0.543. The number of benzene rings is 2. The van der Waals surface area contributed by atoms with Crippen LogP contribution in [-0.2, 0) is 12.8 Å². The average Bonchev–Trinajstić information content (AvgIpc) is 3.03. The van der Waals surface area contributed by atoms with Crippen molar-refractivity contribution >= 4 is 0 Å². The van der Waals surface area contributed by atoms with Gasteiger partial charge in [0.1, 0.15) is 0 Å². The molecule has 0 saturated heterocycles. The van der Waals surface area contributed by atoms with Crippen LogP contribution in [0.5, 0.6) is 0 Å². The van der Waals surface area contributed by atoms with Crippen molar-refractivity contribution in [3.63, 3.8) is 0 Å². The lowest BCUT2D eigenvalue weighted by Gasteiger charge is -2.42. The first-order valence-corrected chi connectivity index (χ1v) is 17.3. The van der Waals surface area contributed by atoms with E-state index < -0.39 is 11.7 Å². The molecular weight excluding hydrogens is 518 g/mol. The second-order valence-corrected chi connectivity index (χ2v) is 13.0. The molecular formula is C40H58F2. The van der Waals surface area contributed by atoms with Crippen molar-refractivity contribution in [2.24, 2.45) is 23.7 Å². The Bertz CT molecular complexity index is 1120. The topological polar surface area (TPSA) is 0 Å². The highest BCUT2D eigenvalue weighted by Gasteiger charge is 2.35. The van der Waals surface area contributed by atoms with E-state index in [9.17, 15) is 8.78 Å². The summed E-state index contributed by atoms with van der Waals surface area (Å²) in [5.74, 6) is 2.02. The maximum Gasteiger partial charge on any atom is 0.157 e. The van der Waals surface area contributed by atoms with Crippen LogP contribution in [0.1, 0.15) is 130 Å². The van der Waals surface area contributed by atoms with Gasteiger partial charge in [-0.15, -0.1) is 0 Å². The monoisotopic (exact) mass is 576 g/mol. The lowest BCUT2D eigenvalue weighted by molar-refractivity contribution is 0.0924. The normalized spacial score (nSPS) is 23.2. The van der Waals surface area contributed by atoms with Crippen molar-refractivity contribution in [3.8, 4) is 11.1 Å². The van der Waals surface area contributed by atoms with Gasteiger partial charge >= 0.3 is 0 Å². The Kier molecular flexibility index (Phi) is 14.5. The van der Waals surface area contributed by atoms with Crippen LogP contribution >= 0.6 is 0 Å². The highest BCUT2D eigenvalue weighted by molar-refractivity contribution is 5.64. The summed E-state index contributed by atoms with van der Waals surface area (Å²) >= 11 is 0. The molecule has 4 atom stereocenters. The Morgan fingerprint density at radius 1 is 0.595 bits per heavy atom. The third-order valence-electron chi connectivity index (χ3n) is 9.95. The van der Waals surface area contributed by atoms with Crippen molar-refractivity contribution in [2.45, 2.75) is 131 Å². The summed E-state index contributed by atoms with van der Waals surface area (Å²) in [6.45, 7) is 11.7. The predicted octanol–water partition coefficient (Wildman–Crippen LogP) is 13.2. The van der Waals surface area contributed by atoms with Gasteiger partial charge in [-0.25, -0.2) is 8.78 Å². The molecule has 2 aromatic rings. The first-order valence-electron chi connectivity index (χ1n) is 17.3. The van der Waals surface area contributed by atoms with Gasteiger partial charge in [-0.2, -0.15) is 0 Å². The van der Waals surface area contributed by atoms with Gasteiger partial charge < -0.3 is 0 Å². The van der Waals surface area contributed by atoms with Crippen molar-refractivity contribution < 1.29 is 8.78 Å². The van der Waals surface area contributed by atoms with Crippen molar-refractivity contribution in [1.82, 2.24) is 0 Å². The third kappa shape index (κ3) is 9.92. The molecule has 0 nitrogen and oxygen atoms in total. The predicted molar refractivity (Wildman–Crippen MR) is 179 cm³/mol. The minimum Gasteiger partial charge on any atom is -0.204 e. The van der Waals surface area contributed by atoms with Crippen LogP contribution in [0.15, 0.2) is 71.3 Å². The zero-order valence-electron chi connectivity index (χ0n) is 27.6. The maximum absolute atomic E-state index is 14.6. The van der Waals surface area contributed by atoms with Crippen LogP contribution in [-0.4, -0.2) is 0 Å². The van der Waals surface area contributed by atoms with Gasteiger partial charge in [0.25, 0.3) is 0 Å². The molecule has 0 heterocycles. The minimum atomic E-state index is -0.616. The molecule has 0 radical (unpaired) electrons. The fraction of sp³-hybridized carbons (Fsp3) is 0.600. The van der Waals surface area contributed by atoms with E-state index in [1.54, 1.807) is 13.8 Å². The van der Waals surface area contributed by atoms with Crippen LogP contribution in [0, 0.1) is 23.7 Å². The van der Waals surface area contributed by atoms with E-state index in [2.05, 4.69) is 55.5 Å². The molecule has 232 valence electrons. The SMILES string of the molecule is CC.CCC/C(C)=C(F)/C(F)=C(\C)CCC1CCC2CC(CCc3ccc(-c4ccc(CCC)cc4)cc3)CCC2C1. The molecule has 2 aliphatic rings. The Labute approximate surface area is 257 Å². The average molecular weight is 577 g/mol. The molecule has 2 fully saturated rings. The number of fused-ring (bicyclic) bond motifs is 1. The highest BCUT2D eigenvalue weighted by Crippen LogP contribution is 2.47. The molecule has 0 bridgehead atoms. The van der Waals surface area contributed by atoms with Crippen LogP contribution < -0.4 is 0 Å². The number of aryl methyl sites for hydroxylation is 2. The number of allylic oxidation sites excluding steroid dienone is 4. The molecule has 2 saturated carbocycles. The Hall–Kier alpha value is -2.22. The summed E-state index contributed by atoms with van der Waals surface area (Å²) in [7, 11) is 0. The van der Waals surface area contributed by atoms with E-state index in [1.807, 2.05) is 20.8 Å². The number of halogens is 2. The van der Waals surface area contributed by atoms with E-state index in [0.717, 1.165) is 37.0 Å². The lowest BCUT2D eigenvalue weighted by Crippen LogP contribution is -2.31. The molecule has 0 aliphatic heterocycles. The van der Waals surface area contributed by atoms with Gasteiger partial charge in [0, 0.05) is 0 Å². The molecule has 0 N–H and O–H groups in total. The first kappa shape index (κ1) is 34.3. The summed E-state index contributed by atoms with van der Waals surface area (Å²) in [6, 6.07) is 18.3. The second-order valence-electron chi connectivity index (χ2n) is 13.0. The van der Waals surface area contributed by atoms with E-state index >= 15 is 0 Å². The zero-order valence-corrected chi connectivity index (χ0v) is 27.6. The summed E-state index contributed by atoms with van der Waals surface area (Å²) in [4.78, 5) is 0. The molecule has 42 heavy (non-hydrogen) atoms. The number of hydrogen-bond acceptors (Lipinski definition) is 0. The van der Waals surface area contributed by atoms with Gasteiger partial charge in [-0.3, -0.25) is 0 Å². The lowest BCUT2D eigenvalue weighted by atomic mass is 9.63. The van der Waals surface area contributed by atoms with Gasteiger partial charge in [0.15, 0.2) is 11.7 Å². The number of rotatable bonds is 12. The van der Waals surface area contributed by atoms with Crippen molar-refractivity contribution in [1.29, 1.82) is 0 Å². The summed E-state index contributed by atoms with van der Waals surface area (Å²) in [5.41, 5.74) is 6.64. The molecule has 2 heteroatoms. The van der Waals surface area contributed by atoms with Crippen LogP contribution in [0.25, 0.3) is 11.1 Å². The smallest absolute Gasteiger partial charge is 0.157 e. The quantitative estimate of drug-likeness (QED) is 0.220. The molecule has 0 amide bonds. The van der Waals surface area contributed by atoms with Gasteiger partial charge in [0.05, 0.1) is 0 Å². The fourth-order valence-corrected chi connectivity index (χ4v) is 7.38. The summed E-state index contributed by atoms with van der Waals surface area (Å²) in [6.07, 6.45) is 16.0. The highest BCUT2D eigenvalue weighted by atomic mass is 19.2. The molecule has 0 spiro atoms. The summed E-state index contributed by atoms with van der Waals surface area (Å²) < 4.78 is 29.0. The Balaban J connectivity index is 0.00000237. The number of hydrogen-bond donors (Lipinski definition) is 0. The second kappa shape index (κ2) is 17.8. The Morgan fingerprint density at radius 3 is 1.52 bits per heavy atom. The first-order chi connectivity index (χ1) is 20.4. The molecule has 2 aromatic carbocycles. The van der Waals surface area contributed by atoms with E-state index in [1.165, 1.54) is 80.0 Å². The van der Waals surface area contributed by atoms with Crippen molar-refractivity contribution in [3.05, 3.63) is 82.5 Å². The van der Waals surface area contributed by atoms with Gasteiger partial charge in [0.2, 0.25) is 0 Å². The van der Waals surface area contributed by atoms with E-state index in [-0.39, 0.29) is 0 Å². The molecule has 2 aliphatic carbocycles. The van der Waals surface area contributed by atoms with Gasteiger partial charge in [-0.05, 0) is 135 Å². The Morgan fingerprint density at radius 2 is 1.05 bits per heavy atom. The van der Waals surface area contributed by atoms with Gasteiger partial charge in [-0.1, -0.05) is 102 Å². The van der Waals surface area contributed by atoms with E-state index in [0.29, 0.717) is 29.9 Å². The zero-order chi connectivity index (χ0) is 30.5. The van der Waals surface area contributed by atoms with E-state index in [4.69, 9.17) is 0 Å². The maximum atomic E-state index is 14.6. The fourth-order valence-electron chi connectivity index (χ4n) is 7.38. The largest absolute Gasteiger partial charge is 0.204 e. The van der Waals surface area contributed by atoms with Crippen LogP contribution in [0.2, 0.25) is 0 Å². The van der Waals surface area contributed by atoms with Crippen LogP contribution in [0.3, 0.4) is 0 Å². The standard InChI is InChI=1S/C38H52F2.C2H6/c1-5-7-27(3)37(39)38(40)28(4)9-10-31-17-23-36-26-32(18-24-35(36)25-31)12-11-30-15-21-34(22-16-30)33-19-13-29(8-6-2)14-20-33;1-2/h13-16,19-22,31-32,35-36H,5-12,17-18,23-26H2,1-4H3;1-2H3/b37-27-,38-28-;. The molecule has 4 unspecified atom stereocenters. The molecule has 0 aromatic heterocycles. The van der Waals surface area contributed by atoms with Crippen LogP contribution in [0.4, 0.5) is 8.78 Å². The van der Waals surface area contributed by atoms with Crippen molar-refractivity contribution in [2.75, 3.05) is 0 Å². The third-order valence-corrected chi connectivity index (χ3v) is 9.95.